The second-order valence-electron chi connectivity index (χ2n) is 2.35. The van der Waals surface area contributed by atoms with E-state index in [-0.39, 0.29) is 5.56 Å². The lowest BCUT2D eigenvalue weighted by Gasteiger charge is -2.06. The summed E-state index contributed by atoms with van der Waals surface area (Å²) in [4.78, 5) is 0. The first-order valence-electron chi connectivity index (χ1n) is 3.28. The fourth-order valence-corrected chi connectivity index (χ4v) is 0.869. The Hall–Kier alpha value is -1.09. The molecule has 11 heavy (non-hydrogen) atoms. The maximum atomic E-state index is 12.6. The van der Waals surface area contributed by atoms with Crippen molar-refractivity contribution in [1.82, 2.24) is 0 Å². The zero-order valence-electron chi connectivity index (χ0n) is 6.08. The van der Waals surface area contributed by atoms with Gasteiger partial charge in [0.05, 0.1) is 6.10 Å². The van der Waals surface area contributed by atoms with Crippen molar-refractivity contribution >= 4 is 0 Å². The van der Waals surface area contributed by atoms with Gasteiger partial charge >= 0.3 is 0 Å². The van der Waals surface area contributed by atoms with E-state index >= 15 is 0 Å². The van der Waals surface area contributed by atoms with Crippen LogP contribution in [0.15, 0.2) is 18.2 Å². The minimum Gasteiger partial charge on any atom is -0.505 e. The Balaban J connectivity index is 3.17. The van der Waals surface area contributed by atoms with Gasteiger partial charge in [0.15, 0.2) is 11.6 Å². The fraction of sp³-hybridized carbons (Fsp3) is 0.250. The number of phenolic OH excluding ortho intramolecular Hbond substituents is 1. The molecule has 1 aromatic carbocycles. The first-order valence-corrected chi connectivity index (χ1v) is 3.28. The van der Waals surface area contributed by atoms with Gasteiger partial charge in [-0.25, -0.2) is 4.39 Å². The van der Waals surface area contributed by atoms with E-state index in [1.54, 1.807) is 0 Å². The third-order valence-corrected chi connectivity index (χ3v) is 1.47. The number of rotatable bonds is 1. The van der Waals surface area contributed by atoms with E-state index in [2.05, 4.69) is 0 Å². The Kier molecular flexibility index (Phi) is 2.10. The molecule has 0 saturated carbocycles. The molecule has 0 aliphatic rings. The van der Waals surface area contributed by atoms with Gasteiger partial charge < -0.3 is 10.2 Å². The Labute approximate surface area is 63.9 Å². The predicted octanol–water partition coefficient (Wildman–Crippen LogP) is 1.58. The molecule has 1 atom stereocenters. The van der Waals surface area contributed by atoms with Crippen LogP contribution in [0.1, 0.15) is 18.6 Å². The highest BCUT2D eigenvalue weighted by atomic mass is 19.1. The van der Waals surface area contributed by atoms with Crippen LogP contribution in [0.2, 0.25) is 0 Å². The zero-order valence-corrected chi connectivity index (χ0v) is 6.08. The van der Waals surface area contributed by atoms with Crippen LogP contribution in [0.5, 0.6) is 5.75 Å². The van der Waals surface area contributed by atoms with Gasteiger partial charge in [-0.15, -0.1) is 0 Å². The normalized spacial score (nSPS) is 13.0. The summed E-state index contributed by atoms with van der Waals surface area (Å²) in [6, 6.07) is 4.06. The minimum atomic E-state index is -0.842. The molecule has 1 rings (SSSR count). The Bertz CT molecular complexity index is 258. The zero-order chi connectivity index (χ0) is 8.43. The van der Waals surface area contributed by atoms with Gasteiger partial charge in [-0.3, -0.25) is 0 Å². The van der Waals surface area contributed by atoms with E-state index in [1.807, 2.05) is 0 Å². The largest absolute Gasteiger partial charge is 0.505 e. The van der Waals surface area contributed by atoms with Crippen LogP contribution in [0.4, 0.5) is 4.39 Å². The highest BCUT2D eigenvalue weighted by Gasteiger charge is 2.09. The van der Waals surface area contributed by atoms with E-state index in [1.165, 1.54) is 19.1 Å². The molecule has 0 heterocycles. The smallest absolute Gasteiger partial charge is 0.165 e. The molecule has 1 aromatic rings. The third-order valence-electron chi connectivity index (χ3n) is 1.47. The lowest BCUT2D eigenvalue weighted by Crippen LogP contribution is -1.92. The maximum absolute atomic E-state index is 12.6. The molecule has 2 nitrogen and oxygen atoms in total. The average molecular weight is 156 g/mol. The molecule has 0 saturated heterocycles. The second kappa shape index (κ2) is 2.88. The number of halogens is 1. The summed E-state index contributed by atoms with van der Waals surface area (Å²) in [7, 11) is 0. The molecule has 0 amide bonds. The Morgan fingerprint density at radius 1 is 1.45 bits per heavy atom. The first kappa shape index (κ1) is 8.01. The van der Waals surface area contributed by atoms with Gasteiger partial charge in [-0.05, 0) is 13.0 Å². The third kappa shape index (κ3) is 1.49. The monoisotopic (exact) mass is 156 g/mol. The molecule has 2 N–H and O–H groups in total. The number of para-hydroxylation sites is 1. The number of aromatic hydroxyl groups is 1. The number of aliphatic hydroxyl groups excluding tert-OH is 1. The van der Waals surface area contributed by atoms with Crippen LogP contribution in [0.25, 0.3) is 0 Å². The van der Waals surface area contributed by atoms with Gasteiger partial charge in [0.1, 0.15) is 0 Å². The molecule has 0 aliphatic heterocycles. The molecular formula is C8H9FO2. The quantitative estimate of drug-likeness (QED) is 0.648. The summed E-state index contributed by atoms with van der Waals surface area (Å²) in [5.41, 5.74) is 0.213. The standard InChI is InChI=1S/C8H9FO2/c1-5(10)6-3-2-4-7(9)8(6)11/h2-5,10-11H,1H3/t5-/m1/s1. The van der Waals surface area contributed by atoms with Crippen molar-refractivity contribution in [2.24, 2.45) is 0 Å². The van der Waals surface area contributed by atoms with E-state index in [0.29, 0.717) is 0 Å². The predicted molar refractivity (Wildman–Crippen MR) is 38.7 cm³/mol. The van der Waals surface area contributed by atoms with Crippen molar-refractivity contribution in [1.29, 1.82) is 0 Å². The number of phenols is 1. The minimum absolute atomic E-state index is 0.213. The molecule has 0 fully saturated rings. The van der Waals surface area contributed by atoms with Crippen LogP contribution < -0.4 is 0 Å². The lowest BCUT2D eigenvalue weighted by atomic mass is 10.1. The topological polar surface area (TPSA) is 40.5 Å². The number of benzene rings is 1. The average Bonchev–Trinajstić information content (AvgIpc) is 1.94. The van der Waals surface area contributed by atoms with Crippen molar-refractivity contribution in [3.05, 3.63) is 29.6 Å². The second-order valence-corrected chi connectivity index (χ2v) is 2.35. The van der Waals surface area contributed by atoms with Crippen LogP contribution in [-0.2, 0) is 0 Å². The molecule has 0 bridgehead atoms. The Morgan fingerprint density at radius 3 is 2.55 bits per heavy atom. The Morgan fingerprint density at radius 2 is 2.09 bits per heavy atom. The first-order chi connectivity index (χ1) is 5.13. The van der Waals surface area contributed by atoms with Gasteiger partial charge in [0.2, 0.25) is 0 Å². The molecule has 0 spiro atoms. The van der Waals surface area contributed by atoms with E-state index in [4.69, 9.17) is 10.2 Å². The summed E-state index contributed by atoms with van der Waals surface area (Å²) >= 11 is 0. The van der Waals surface area contributed by atoms with Crippen LogP contribution in [0, 0.1) is 5.82 Å². The van der Waals surface area contributed by atoms with Crippen LogP contribution >= 0.6 is 0 Å². The molecule has 0 unspecified atom stereocenters. The SMILES string of the molecule is C[C@@H](O)c1cccc(F)c1O. The molecule has 0 radical (unpaired) electrons. The number of hydrogen-bond donors (Lipinski definition) is 2. The summed E-state index contributed by atoms with van der Waals surface area (Å²) in [5.74, 6) is -1.18. The van der Waals surface area contributed by atoms with Crippen molar-refractivity contribution in [3.8, 4) is 5.75 Å². The van der Waals surface area contributed by atoms with E-state index < -0.39 is 17.7 Å². The van der Waals surface area contributed by atoms with Crippen LogP contribution in [-0.4, -0.2) is 10.2 Å². The summed E-state index contributed by atoms with van der Waals surface area (Å²) in [5, 5.41) is 18.0. The highest BCUT2D eigenvalue weighted by molar-refractivity contribution is 5.34. The van der Waals surface area contributed by atoms with Gasteiger partial charge in [0.25, 0.3) is 0 Å². The highest BCUT2D eigenvalue weighted by Crippen LogP contribution is 2.25. The van der Waals surface area contributed by atoms with E-state index in [9.17, 15) is 4.39 Å². The molecule has 3 heteroatoms. The lowest BCUT2D eigenvalue weighted by molar-refractivity contribution is 0.193. The van der Waals surface area contributed by atoms with Gasteiger partial charge in [-0.1, -0.05) is 12.1 Å². The van der Waals surface area contributed by atoms with E-state index in [0.717, 1.165) is 6.07 Å². The molecular weight excluding hydrogens is 147 g/mol. The number of hydrogen-bond acceptors (Lipinski definition) is 2. The van der Waals surface area contributed by atoms with Crippen molar-refractivity contribution in [2.75, 3.05) is 0 Å². The molecule has 0 aliphatic carbocycles. The summed E-state index contributed by atoms with van der Waals surface area (Å²) in [6.45, 7) is 1.47. The molecule has 0 aromatic heterocycles. The van der Waals surface area contributed by atoms with Gasteiger partial charge in [-0.2, -0.15) is 0 Å². The van der Waals surface area contributed by atoms with Crippen molar-refractivity contribution in [3.63, 3.8) is 0 Å². The van der Waals surface area contributed by atoms with Gasteiger partial charge in [0, 0.05) is 5.56 Å². The summed E-state index contributed by atoms with van der Waals surface area (Å²) < 4.78 is 12.6. The maximum Gasteiger partial charge on any atom is 0.165 e. The van der Waals surface area contributed by atoms with Crippen LogP contribution in [0.3, 0.4) is 0 Å². The summed E-state index contributed by atoms with van der Waals surface area (Å²) in [6.07, 6.45) is -0.842. The fourth-order valence-electron chi connectivity index (χ4n) is 0.869. The number of aliphatic hydroxyl groups is 1. The van der Waals surface area contributed by atoms with Crippen molar-refractivity contribution in [2.45, 2.75) is 13.0 Å². The van der Waals surface area contributed by atoms with Crippen molar-refractivity contribution < 1.29 is 14.6 Å². The molecule has 60 valence electrons.